The van der Waals surface area contributed by atoms with E-state index in [1.807, 2.05) is 11.8 Å². The Hall–Kier alpha value is -1.36. The Labute approximate surface area is 150 Å². The van der Waals surface area contributed by atoms with Crippen molar-refractivity contribution in [2.75, 3.05) is 29.5 Å². The molecule has 0 bridgehead atoms. The summed E-state index contributed by atoms with van der Waals surface area (Å²) in [6.07, 6.45) is 7.77. The van der Waals surface area contributed by atoms with Crippen LogP contribution in [0, 0.1) is 0 Å². The van der Waals surface area contributed by atoms with E-state index in [1.54, 1.807) is 0 Å². The first-order valence-corrected chi connectivity index (χ1v) is 10.4. The number of hydrogen-bond donors (Lipinski definition) is 2. The molecular weight excluding hydrogens is 316 g/mol. The van der Waals surface area contributed by atoms with Crippen molar-refractivity contribution >= 4 is 23.4 Å². The molecule has 0 radical (unpaired) electrons. The lowest BCUT2D eigenvalue weighted by atomic mass is 10.1. The van der Waals surface area contributed by atoms with Gasteiger partial charge in [-0.1, -0.05) is 37.8 Å². The second-order valence-corrected chi connectivity index (χ2v) is 8.02. The van der Waals surface area contributed by atoms with Crippen LogP contribution in [0.3, 0.4) is 0 Å². The lowest BCUT2D eigenvalue weighted by Crippen LogP contribution is -2.39. The average Bonchev–Trinajstić information content (AvgIpc) is 2.90. The lowest BCUT2D eigenvalue weighted by molar-refractivity contribution is 0.530. The summed E-state index contributed by atoms with van der Waals surface area (Å²) < 4.78 is 0. The highest BCUT2D eigenvalue weighted by atomic mass is 32.2. The minimum Gasteiger partial charge on any atom is -0.370 e. The third kappa shape index (κ3) is 5.33. The minimum absolute atomic E-state index is 0.510. The number of aliphatic imine (C=N–C) groups is 1. The Morgan fingerprint density at radius 2 is 1.75 bits per heavy atom. The van der Waals surface area contributed by atoms with Gasteiger partial charge in [-0.05, 0) is 30.5 Å². The molecule has 1 aliphatic heterocycles. The normalized spacial score (nSPS) is 20.7. The van der Waals surface area contributed by atoms with Crippen LogP contribution in [-0.4, -0.2) is 36.6 Å². The molecule has 0 aromatic heterocycles. The van der Waals surface area contributed by atoms with E-state index in [4.69, 9.17) is 5.73 Å². The molecule has 0 unspecified atom stereocenters. The highest BCUT2D eigenvalue weighted by Crippen LogP contribution is 2.20. The maximum Gasteiger partial charge on any atom is 0.189 e. The zero-order chi connectivity index (χ0) is 16.6. The summed E-state index contributed by atoms with van der Waals surface area (Å²) in [6, 6.07) is 9.31. The summed E-state index contributed by atoms with van der Waals surface area (Å²) >= 11 is 2.04. The maximum atomic E-state index is 6.08. The van der Waals surface area contributed by atoms with Gasteiger partial charge in [0.1, 0.15) is 0 Å². The number of thioether (sulfide) groups is 1. The van der Waals surface area contributed by atoms with Crippen molar-refractivity contribution in [1.29, 1.82) is 0 Å². The Balaban J connectivity index is 1.49. The van der Waals surface area contributed by atoms with Gasteiger partial charge in [0.2, 0.25) is 0 Å². The fourth-order valence-electron chi connectivity index (χ4n) is 3.49. The molecule has 5 heteroatoms. The van der Waals surface area contributed by atoms with Crippen molar-refractivity contribution < 1.29 is 0 Å². The lowest BCUT2D eigenvalue weighted by Gasteiger charge is -2.28. The van der Waals surface area contributed by atoms with Gasteiger partial charge in [0.05, 0.1) is 6.54 Å². The van der Waals surface area contributed by atoms with Crippen molar-refractivity contribution in [3.05, 3.63) is 29.8 Å². The second-order valence-electron chi connectivity index (χ2n) is 6.80. The van der Waals surface area contributed by atoms with E-state index in [1.165, 1.54) is 61.3 Å². The van der Waals surface area contributed by atoms with E-state index >= 15 is 0 Å². The molecule has 24 heavy (non-hydrogen) atoms. The minimum atomic E-state index is 0.510. The molecule has 132 valence electrons. The molecule has 2 fully saturated rings. The number of anilines is 1. The van der Waals surface area contributed by atoms with Crippen LogP contribution < -0.4 is 16.0 Å². The molecule has 0 amide bonds. The van der Waals surface area contributed by atoms with Crippen molar-refractivity contribution in [2.24, 2.45) is 10.7 Å². The van der Waals surface area contributed by atoms with Crippen LogP contribution in [0.5, 0.6) is 0 Å². The summed E-state index contributed by atoms with van der Waals surface area (Å²) in [5.41, 5.74) is 8.62. The van der Waals surface area contributed by atoms with Crippen LogP contribution in [0.25, 0.3) is 0 Å². The van der Waals surface area contributed by atoms with Crippen LogP contribution in [-0.2, 0) is 6.54 Å². The molecule has 0 spiro atoms. The number of nitrogens with zero attached hydrogens (tertiary/aromatic N) is 2. The highest BCUT2D eigenvalue weighted by Gasteiger charge is 2.12. The smallest absolute Gasteiger partial charge is 0.189 e. The Bertz CT molecular complexity index is 515. The van der Waals surface area contributed by atoms with Crippen molar-refractivity contribution in [3.8, 4) is 0 Å². The topological polar surface area (TPSA) is 53.6 Å². The van der Waals surface area contributed by atoms with Gasteiger partial charge in [-0.15, -0.1) is 0 Å². The van der Waals surface area contributed by atoms with Crippen molar-refractivity contribution in [2.45, 2.75) is 51.1 Å². The standard InChI is InChI=1S/C19H30N4S/c20-19(22-17-5-3-1-2-4-6-17)21-15-16-7-9-18(10-8-16)23-11-13-24-14-12-23/h7-10,17H,1-6,11-15H2,(H3,20,21,22). The molecule has 1 heterocycles. The summed E-state index contributed by atoms with van der Waals surface area (Å²) in [4.78, 5) is 6.99. The monoisotopic (exact) mass is 346 g/mol. The van der Waals surface area contributed by atoms with Crippen LogP contribution in [0.15, 0.2) is 29.3 Å². The third-order valence-electron chi connectivity index (χ3n) is 4.95. The van der Waals surface area contributed by atoms with Gasteiger partial charge in [-0.25, -0.2) is 4.99 Å². The summed E-state index contributed by atoms with van der Waals surface area (Å²) in [6.45, 7) is 2.96. The highest BCUT2D eigenvalue weighted by molar-refractivity contribution is 7.99. The number of benzene rings is 1. The second kappa shape index (κ2) is 9.21. The van der Waals surface area contributed by atoms with Crippen LogP contribution in [0.4, 0.5) is 5.69 Å². The van der Waals surface area contributed by atoms with Crippen molar-refractivity contribution in [1.82, 2.24) is 5.32 Å². The molecule has 1 aromatic carbocycles. The molecule has 3 rings (SSSR count). The van der Waals surface area contributed by atoms with E-state index in [0.29, 0.717) is 18.5 Å². The first kappa shape index (κ1) is 17.5. The molecule has 2 aliphatic rings. The summed E-state index contributed by atoms with van der Waals surface area (Å²) in [5, 5.41) is 3.41. The Kier molecular flexibility index (Phi) is 6.70. The SMILES string of the molecule is NC(=NCc1ccc(N2CCSCC2)cc1)NC1CCCCCC1. The number of guanidine groups is 1. The van der Waals surface area contributed by atoms with Crippen LogP contribution >= 0.6 is 11.8 Å². The summed E-state index contributed by atoms with van der Waals surface area (Å²) in [7, 11) is 0. The zero-order valence-electron chi connectivity index (χ0n) is 14.5. The largest absolute Gasteiger partial charge is 0.370 e. The summed E-state index contributed by atoms with van der Waals surface area (Å²) in [5.74, 6) is 3.06. The van der Waals surface area contributed by atoms with Gasteiger partial charge in [-0.2, -0.15) is 11.8 Å². The van der Waals surface area contributed by atoms with E-state index in [2.05, 4.69) is 39.5 Å². The molecule has 1 aromatic rings. The molecule has 1 saturated carbocycles. The Morgan fingerprint density at radius 3 is 2.42 bits per heavy atom. The zero-order valence-corrected chi connectivity index (χ0v) is 15.4. The predicted molar refractivity (Wildman–Crippen MR) is 106 cm³/mol. The van der Waals surface area contributed by atoms with Gasteiger partial charge in [0.15, 0.2) is 5.96 Å². The van der Waals surface area contributed by atoms with E-state index in [0.717, 1.165) is 13.1 Å². The fraction of sp³-hybridized carbons (Fsp3) is 0.632. The fourth-order valence-corrected chi connectivity index (χ4v) is 4.39. The first-order valence-electron chi connectivity index (χ1n) is 9.29. The van der Waals surface area contributed by atoms with Crippen LogP contribution in [0.1, 0.15) is 44.1 Å². The Morgan fingerprint density at radius 1 is 1.08 bits per heavy atom. The molecular formula is C19H30N4S. The maximum absolute atomic E-state index is 6.08. The van der Waals surface area contributed by atoms with E-state index in [-0.39, 0.29) is 0 Å². The average molecular weight is 347 g/mol. The number of rotatable bonds is 4. The van der Waals surface area contributed by atoms with Gasteiger partial charge >= 0.3 is 0 Å². The van der Waals surface area contributed by atoms with Crippen molar-refractivity contribution in [3.63, 3.8) is 0 Å². The van der Waals surface area contributed by atoms with Gasteiger partial charge in [-0.3, -0.25) is 0 Å². The predicted octanol–water partition coefficient (Wildman–Crippen LogP) is 3.37. The van der Waals surface area contributed by atoms with Gasteiger partial charge < -0.3 is 16.0 Å². The third-order valence-corrected chi connectivity index (χ3v) is 5.89. The van der Waals surface area contributed by atoms with Gasteiger partial charge in [0, 0.05) is 36.3 Å². The molecule has 3 N–H and O–H groups in total. The van der Waals surface area contributed by atoms with E-state index < -0.39 is 0 Å². The van der Waals surface area contributed by atoms with Gasteiger partial charge in [0.25, 0.3) is 0 Å². The molecule has 1 aliphatic carbocycles. The molecule has 4 nitrogen and oxygen atoms in total. The number of nitrogens with two attached hydrogens (primary N) is 1. The number of nitrogens with one attached hydrogen (secondary N) is 1. The molecule has 1 saturated heterocycles. The first-order chi connectivity index (χ1) is 11.8. The quantitative estimate of drug-likeness (QED) is 0.499. The molecule has 0 atom stereocenters. The van der Waals surface area contributed by atoms with Crippen LogP contribution in [0.2, 0.25) is 0 Å². The number of hydrogen-bond acceptors (Lipinski definition) is 3. The van der Waals surface area contributed by atoms with E-state index in [9.17, 15) is 0 Å².